The molecule has 0 radical (unpaired) electrons. The van der Waals surface area contributed by atoms with Gasteiger partial charge in [0.1, 0.15) is 5.75 Å². The van der Waals surface area contributed by atoms with Gasteiger partial charge in [0.05, 0.1) is 11.0 Å². The Morgan fingerprint density at radius 2 is 1.95 bits per heavy atom. The van der Waals surface area contributed by atoms with Crippen molar-refractivity contribution in [3.05, 3.63) is 24.3 Å². The topological polar surface area (TPSA) is 67.4 Å². The Labute approximate surface area is 127 Å². The third-order valence-electron chi connectivity index (χ3n) is 3.45. The molecular weight excluding hydrogens is 288 g/mol. The van der Waals surface area contributed by atoms with E-state index >= 15 is 0 Å². The molecule has 1 aromatic rings. The summed E-state index contributed by atoms with van der Waals surface area (Å²) in [6.07, 6.45) is 1.70. The van der Waals surface area contributed by atoms with Crippen LogP contribution in [-0.2, 0) is 10.0 Å². The van der Waals surface area contributed by atoms with E-state index in [0.29, 0.717) is 11.8 Å². The van der Waals surface area contributed by atoms with Gasteiger partial charge in [-0.1, -0.05) is 0 Å². The monoisotopic (exact) mass is 312 g/mol. The lowest BCUT2D eigenvalue weighted by atomic mass is 10.0. The van der Waals surface area contributed by atoms with E-state index in [1.165, 1.54) is 0 Å². The van der Waals surface area contributed by atoms with Gasteiger partial charge in [0.25, 0.3) is 0 Å². The van der Waals surface area contributed by atoms with Crippen LogP contribution in [0.1, 0.15) is 33.6 Å². The van der Waals surface area contributed by atoms with Crippen LogP contribution < -0.4 is 14.8 Å². The van der Waals surface area contributed by atoms with Gasteiger partial charge in [-0.05, 0) is 64.4 Å². The second-order valence-corrected chi connectivity index (χ2v) is 7.55. The number of hydrogen-bond acceptors (Lipinski definition) is 4. The maximum Gasteiger partial charge on any atom is 0.240 e. The van der Waals surface area contributed by atoms with Crippen molar-refractivity contribution in [3.8, 4) is 5.75 Å². The first-order chi connectivity index (χ1) is 9.87. The maximum absolute atomic E-state index is 12.4. The summed E-state index contributed by atoms with van der Waals surface area (Å²) in [5, 5.41) is 3.31. The van der Waals surface area contributed by atoms with Gasteiger partial charge in [-0.25, -0.2) is 13.1 Å². The first-order valence-electron chi connectivity index (χ1n) is 7.39. The third kappa shape index (κ3) is 4.69. The number of hydrogen-bond donors (Lipinski definition) is 2. The van der Waals surface area contributed by atoms with Crippen molar-refractivity contribution >= 4 is 10.0 Å². The van der Waals surface area contributed by atoms with Gasteiger partial charge >= 0.3 is 0 Å². The van der Waals surface area contributed by atoms with Gasteiger partial charge in [0.15, 0.2) is 0 Å². The number of rotatable bonds is 5. The molecule has 1 aliphatic rings. The average molecular weight is 312 g/mol. The largest absolute Gasteiger partial charge is 0.491 e. The van der Waals surface area contributed by atoms with Gasteiger partial charge in [-0.2, -0.15) is 0 Å². The van der Waals surface area contributed by atoms with Crippen LogP contribution in [-0.4, -0.2) is 33.2 Å². The second kappa shape index (κ2) is 6.77. The molecule has 118 valence electrons. The Bertz CT molecular complexity index is 555. The highest BCUT2D eigenvalue weighted by molar-refractivity contribution is 7.89. The minimum Gasteiger partial charge on any atom is -0.491 e. The summed E-state index contributed by atoms with van der Waals surface area (Å²) in [7, 11) is -3.46. The van der Waals surface area contributed by atoms with Crippen molar-refractivity contribution in [2.75, 3.05) is 6.54 Å². The Kier molecular flexibility index (Phi) is 5.24. The summed E-state index contributed by atoms with van der Waals surface area (Å²) in [6.45, 7) is 6.78. The molecule has 6 heteroatoms. The lowest BCUT2D eigenvalue weighted by molar-refractivity contribution is 0.242. The van der Waals surface area contributed by atoms with E-state index < -0.39 is 10.0 Å². The Balaban J connectivity index is 2.05. The molecule has 2 atom stereocenters. The molecule has 0 spiro atoms. The summed E-state index contributed by atoms with van der Waals surface area (Å²) in [6, 6.07) is 6.90. The number of benzene rings is 1. The smallest absolute Gasteiger partial charge is 0.240 e. The van der Waals surface area contributed by atoms with Crippen LogP contribution >= 0.6 is 0 Å². The van der Waals surface area contributed by atoms with E-state index in [9.17, 15) is 8.42 Å². The quantitative estimate of drug-likeness (QED) is 0.871. The predicted molar refractivity (Wildman–Crippen MR) is 83.0 cm³/mol. The molecule has 0 amide bonds. The fraction of sp³-hybridized carbons (Fsp3) is 0.600. The average Bonchev–Trinajstić information content (AvgIpc) is 2.38. The molecule has 1 aliphatic heterocycles. The van der Waals surface area contributed by atoms with Gasteiger partial charge in [0.2, 0.25) is 10.0 Å². The molecule has 5 nitrogen and oxygen atoms in total. The van der Waals surface area contributed by atoms with E-state index in [1.54, 1.807) is 24.3 Å². The summed E-state index contributed by atoms with van der Waals surface area (Å²) in [5.74, 6) is 0.680. The Hall–Kier alpha value is -1.11. The van der Waals surface area contributed by atoms with Crippen LogP contribution in [0, 0.1) is 0 Å². The summed E-state index contributed by atoms with van der Waals surface area (Å²) < 4.78 is 33.1. The van der Waals surface area contributed by atoms with E-state index in [-0.39, 0.29) is 17.0 Å². The minimum atomic E-state index is -3.46. The fourth-order valence-corrected chi connectivity index (χ4v) is 3.78. The summed E-state index contributed by atoms with van der Waals surface area (Å²) in [4.78, 5) is 0.282. The predicted octanol–water partition coefficient (Wildman–Crippen LogP) is 1.89. The maximum atomic E-state index is 12.4. The Morgan fingerprint density at radius 1 is 1.29 bits per heavy atom. The molecule has 2 N–H and O–H groups in total. The lowest BCUT2D eigenvalue weighted by Crippen LogP contribution is -2.46. The molecule has 1 fully saturated rings. The van der Waals surface area contributed by atoms with Crippen molar-refractivity contribution < 1.29 is 13.2 Å². The molecule has 21 heavy (non-hydrogen) atoms. The number of nitrogens with one attached hydrogen (secondary N) is 2. The van der Waals surface area contributed by atoms with Gasteiger partial charge in [0, 0.05) is 12.1 Å². The van der Waals surface area contributed by atoms with Crippen LogP contribution in [0.3, 0.4) is 0 Å². The molecule has 2 unspecified atom stereocenters. The lowest BCUT2D eigenvalue weighted by Gasteiger charge is -2.28. The molecule has 2 rings (SSSR count). The van der Waals surface area contributed by atoms with Crippen molar-refractivity contribution in [3.63, 3.8) is 0 Å². The molecule has 0 aromatic heterocycles. The van der Waals surface area contributed by atoms with Crippen molar-refractivity contribution in [1.82, 2.24) is 10.0 Å². The molecular formula is C15H24N2O3S. The number of piperidine rings is 1. The van der Waals surface area contributed by atoms with E-state index in [2.05, 4.69) is 17.0 Å². The zero-order valence-corrected chi connectivity index (χ0v) is 13.6. The van der Waals surface area contributed by atoms with E-state index in [0.717, 1.165) is 19.4 Å². The van der Waals surface area contributed by atoms with Crippen LogP contribution in [0.4, 0.5) is 0 Å². The first-order valence-corrected chi connectivity index (χ1v) is 8.87. The first kappa shape index (κ1) is 16.3. The van der Waals surface area contributed by atoms with E-state index in [1.807, 2.05) is 13.8 Å². The zero-order chi connectivity index (χ0) is 15.5. The van der Waals surface area contributed by atoms with Gasteiger partial charge < -0.3 is 10.1 Å². The number of sulfonamides is 1. The summed E-state index contributed by atoms with van der Waals surface area (Å²) >= 11 is 0. The Morgan fingerprint density at radius 3 is 2.52 bits per heavy atom. The van der Waals surface area contributed by atoms with Gasteiger partial charge in [-0.15, -0.1) is 0 Å². The van der Waals surface area contributed by atoms with Crippen LogP contribution in [0.25, 0.3) is 0 Å². The van der Waals surface area contributed by atoms with Crippen LogP contribution in [0.5, 0.6) is 5.75 Å². The van der Waals surface area contributed by atoms with Crippen molar-refractivity contribution in [1.29, 1.82) is 0 Å². The highest BCUT2D eigenvalue weighted by Gasteiger charge is 2.24. The second-order valence-electron chi connectivity index (χ2n) is 5.84. The summed E-state index contributed by atoms with van der Waals surface area (Å²) in [5.41, 5.74) is 0. The molecule has 1 aromatic carbocycles. The highest BCUT2D eigenvalue weighted by Crippen LogP contribution is 2.18. The molecule has 0 bridgehead atoms. The molecule has 0 saturated carbocycles. The van der Waals surface area contributed by atoms with Gasteiger partial charge in [-0.3, -0.25) is 0 Å². The molecule has 1 saturated heterocycles. The third-order valence-corrected chi connectivity index (χ3v) is 4.99. The van der Waals surface area contributed by atoms with Crippen molar-refractivity contribution in [2.45, 2.75) is 56.7 Å². The standard InChI is InChI=1S/C15H24N2O3S/c1-11(2)20-14-4-6-15(7-5-14)21(18,19)17-13-8-9-16-12(3)10-13/h4-7,11-13,16-17H,8-10H2,1-3H3. The number of ether oxygens (including phenoxy) is 1. The minimum absolute atomic E-state index is 0.00200. The zero-order valence-electron chi connectivity index (χ0n) is 12.8. The van der Waals surface area contributed by atoms with Crippen molar-refractivity contribution in [2.24, 2.45) is 0 Å². The van der Waals surface area contributed by atoms with E-state index in [4.69, 9.17) is 4.74 Å². The molecule has 0 aliphatic carbocycles. The van der Waals surface area contributed by atoms with Crippen LogP contribution in [0.15, 0.2) is 29.2 Å². The normalized spacial score (nSPS) is 23.2. The molecule has 1 heterocycles. The van der Waals surface area contributed by atoms with Crippen LogP contribution in [0.2, 0.25) is 0 Å². The fourth-order valence-electron chi connectivity index (χ4n) is 2.50. The SMILES string of the molecule is CC1CC(NS(=O)(=O)c2ccc(OC(C)C)cc2)CCN1. The highest BCUT2D eigenvalue weighted by atomic mass is 32.2.